The topological polar surface area (TPSA) is 37.0 Å². The van der Waals surface area contributed by atoms with Gasteiger partial charge in [0.05, 0.1) is 0 Å². The van der Waals surface area contributed by atoms with E-state index in [1.54, 1.807) is 0 Å². The first-order valence-corrected chi connectivity index (χ1v) is 6.48. The minimum absolute atomic E-state index is 0.382. The number of anilines is 1. The third-order valence-corrected chi connectivity index (χ3v) is 3.74. The minimum atomic E-state index is 0.382. The van der Waals surface area contributed by atoms with Gasteiger partial charge in [0.25, 0.3) is 0 Å². The monoisotopic (exact) mass is 233 g/mol. The molecule has 1 saturated heterocycles. The highest BCUT2D eigenvalue weighted by atomic mass is 15.0. The van der Waals surface area contributed by atoms with Crippen LogP contribution in [0.15, 0.2) is 18.3 Å². The number of rotatable bonds is 3. The summed E-state index contributed by atoms with van der Waals surface area (Å²) in [6.45, 7) is 8.85. The van der Waals surface area contributed by atoms with Gasteiger partial charge < -0.3 is 10.6 Å². The molecular weight excluding hydrogens is 210 g/mol. The standard InChI is InChI=1S/C14H23N3/c1-11-9-12(5-8-15-11)17-10-13-14(2,3)6-4-7-16-13/h5,8-9,13,16H,4,6-7,10H2,1-3H3,(H,15,17). The van der Waals surface area contributed by atoms with E-state index in [4.69, 9.17) is 0 Å². The van der Waals surface area contributed by atoms with Gasteiger partial charge in [-0.15, -0.1) is 0 Å². The zero-order valence-electron chi connectivity index (χ0n) is 11.1. The predicted molar refractivity (Wildman–Crippen MR) is 72.3 cm³/mol. The lowest BCUT2D eigenvalue weighted by molar-refractivity contribution is 0.188. The summed E-state index contributed by atoms with van der Waals surface area (Å²) in [5.41, 5.74) is 2.61. The average Bonchev–Trinajstić information content (AvgIpc) is 2.27. The highest BCUT2D eigenvalue weighted by Crippen LogP contribution is 2.30. The van der Waals surface area contributed by atoms with Gasteiger partial charge in [0.15, 0.2) is 0 Å². The molecule has 0 bridgehead atoms. The van der Waals surface area contributed by atoms with Gasteiger partial charge in [-0.2, -0.15) is 0 Å². The molecule has 0 amide bonds. The van der Waals surface area contributed by atoms with Gasteiger partial charge in [-0.25, -0.2) is 0 Å². The Morgan fingerprint density at radius 3 is 3.06 bits per heavy atom. The third-order valence-electron chi connectivity index (χ3n) is 3.74. The molecule has 1 aliphatic rings. The summed E-state index contributed by atoms with van der Waals surface area (Å²) in [7, 11) is 0. The molecule has 1 unspecified atom stereocenters. The van der Waals surface area contributed by atoms with Crippen LogP contribution in [0, 0.1) is 12.3 Å². The van der Waals surface area contributed by atoms with E-state index in [2.05, 4.69) is 35.5 Å². The Labute approximate surface area is 104 Å². The molecule has 0 radical (unpaired) electrons. The SMILES string of the molecule is Cc1cc(NCC2NCCCC2(C)C)ccn1. The van der Waals surface area contributed by atoms with Crippen LogP contribution in [0.1, 0.15) is 32.4 Å². The van der Waals surface area contributed by atoms with E-state index in [1.165, 1.54) is 18.5 Å². The number of aryl methyl sites for hydroxylation is 1. The second kappa shape index (κ2) is 5.05. The number of nitrogens with zero attached hydrogens (tertiary/aromatic N) is 1. The van der Waals surface area contributed by atoms with Crippen LogP contribution in [0.25, 0.3) is 0 Å². The smallest absolute Gasteiger partial charge is 0.0393 e. The van der Waals surface area contributed by atoms with E-state index in [0.717, 1.165) is 18.8 Å². The third kappa shape index (κ3) is 3.19. The van der Waals surface area contributed by atoms with Crippen LogP contribution in [-0.4, -0.2) is 24.1 Å². The molecule has 0 aromatic carbocycles. The van der Waals surface area contributed by atoms with Crippen molar-refractivity contribution < 1.29 is 0 Å². The fourth-order valence-electron chi connectivity index (χ4n) is 2.49. The van der Waals surface area contributed by atoms with Crippen LogP contribution in [0.2, 0.25) is 0 Å². The lowest BCUT2D eigenvalue weighted by Gasteiger charge is -2.39. The molecule has 2 heterocycles. The molecule has 94 valence electrons. The molecule has 3 nitrogen and oxygen atoms in total. The van der Waals surface area contributed by atoms with Gasteiger partial charge in [-0.05, 0) is 43.9 Å². The molecule has 1 atom stereocenters. The zero-order chi connectivity index (χ0) is 12.3. The van der Waals surface area contributed by atoms with Crippen molar-refractivity contribution >= 4 is 5.69 Å². The second-order valence-corrected chi connectivity index (χ2v) is 5.67. The molecule has 1 fully saturated rings. The van der Waals surface area contributed by atoms with E-state index < -0.39 is 0 Å². The van der Waals surface area contributed by atoms with Crippen LogP contribution in [0.5, 0.6) is 0 Å². The van der Waals surface area contributed by atoms with Crippen molar-refractivity contribution in [3.05, 3.63) is 24.0 Å². The maximum atomic E-state index is 4.21. The maximum absolute atomic E-state index is 4.21. The maximum Gasteiger partial charge on any atom is 0.0393 e. The van der Waals surface area contributed by atoms with Crippen molar-refractivity contribution in [2.45, 2.75) is 39.7 Å². The summed E-state index contributed by atoms with van der Waals surface area (Å²) < 4.78 is 0. The van der Waals surface area contributed by atoms with Gasteiger partial charge >= 0.3 is 0 Å². The molecule has 2 N–H and O–H groups in total. The van der Waals surface area contributed by atoms with E-state index >= 15 is 0 Å². The Bertz CT molecular complexity index is 373. The molecule has 17 heavy (non-hydrogen) atoms. The van der Waals surface area contributed by atoms with E-state index in [0.29, 0.717) is 11.5 Å². The van der Waals surface area contributed by atoms with Crippen LogP contribution in [0.3, 0.4) is 0 Å². The molecule has 0 spiro atoms. The van der Waals surface area contributed by atoms with Gasteiger partial charge in [0.2, 0.25) is 0 Å². The van der Waals surface area contributed by atoms with Crippen molar-refractivity contribution in [1.29, 1.82) is 0 Å². The molecule has 0 aliphatic carbocycles. The molecule has 1 aromatic rings. The number of hydrogen-bond donors (Lipinski definition) is 2. The predicted octanol–water partition coefficient (Wildman–Crippen LogP) is 2.58. The molecule has 0 saturated carbocycles. The number of aromatic nitrogens is 1. The van der Waals surface area contributed by atoms with Crippen molar-refractivity contribution in [2.24, 2.45) is 5.41 Å². The van der Waals surface area contributed by atoms with Crippen molar-refractivity contribution in [2.75, 3.05) is 18.4 Å². The largest absolute Gasteiger partial charge is 0.383 e. The fourth-order valence-corrected chi connectivity index (χ4v) is 2.49. The number of pyridine rings is 1. The Kier molecular flexibility index (Phi) is 3.67. The lowest BCUT2D eigenvalue weighted by atomic mass is 9.77. The Hall–Kier alpha value is -1.09. The minimum Gasteiger partial charge on any atom is -0.383 e. The molecule has 2 rings (SSSR count). The first-order valence-electron chi connectivity index (χ1n) is 6.48. The van der Waals surface area contributed by atoms with E-state index in [-0.39, 0.29) is 0 Å². The summed E-state index contributed by atoms with van der Waals surface area (Å²) in [5.74, 6) is 0. The summed E-state index contributed by atoms with van der Waals surface area (Å²) in [4.78, 5) is 4.21. The van der Waals surface area contributed by atoms with Gasteiger partial charge in [0, 0.05) is 30.2 Å². The van der Waals surface area contributed by atoms with Crippen LogP contribution in [-0.2, 0) is 0 Å². The lowest BCUT2D eigenvalue weighted by Crippen LogP contribution is -2.50. The normalized spacial score (nSPS) is 23.4. The molecule has 3 heteroatoms. The Morgan fingerprint density at radius 1 is 1.53 bits per heavy atom. The summed E-state index contributed by atoms with van der Waals surface area (Å²) in [6.07, 6.45) is 4.46. The van der Waals surface area contributed by atoms with Gasteiger partial charge in [-0.3, -0.25) is 4.98 Å². The molecule has 1 aromatic heterocycles. The van der Waals surface area contributed by atoms with Crippen LogP contribution < -0.4 is 10.6 Å². The fraction of sp³-hybridized carbons (Fsp3) is 0.643. The van der Waals surface area contributed by atoms with Crippen LogP contribution >= 0.6 is 0 Å². The van der Waals surface area contributed by atoms with E-state index in [9.17, 15) is 0 Å². The zero-order valence-corrected chi connectivity index (χ0v) is 11.1. The average molecular weight is 233 g/mol. The summed E-state index contributed by atoms with van der Waals surface area (Å²) in [6, 6.07) is 4.67. The van der Waals surface area contributed by atoms with E-state index in [1.807, 2.05) is 19.2 Å². The number of piperidine rings is 1. The van der Waals surface area contributed by atoms with Crippen molar-refractivity contribution in [3.63, 3.8) is 0 Å². The molecular formula is C14H23N3. The highest BCUT2D eigenvalue weighted by molar-refractivity contribution is 5.43. The van der Waals surface area contributed by atoms with Crippen molar-refractivity contribution in [3.8, 4) is 0 Å². The summed E-state index contributed by atoms with van der Waals surface area (Å²) in [5, 5.41) is 7.12. The highest BCUT2D eigenvalue weighted by Gasteiger charge is 2.31. The quantitative estimate of drug-likeness (QED) is 0.842. The first-order chi connectivity index (χ1) is 8.08. The Morgan fingerprint density at radius 2 is 2.35 bits per heavy atom. The first kappa shape index (κ1) is 12.4. The summed E-state index contributed by atoms with van der Waals surface area (Å²) >= 11 is 0. The molecule has 1 aliphatic heterocycles. The number of nitrogens with one attached hydrogen (secondary N) is 2. The van der Waals surface area contributed by atoms with Gasteiger partial charge in [0.1, 0.15) is 0 Å². The van der Waals surface area contributed by atoms with Crippen molar-refractivity contribution in [1.82, 2.24) is 10.3 Å². The van der Waals surface area contributed by atoms with Gasteiger partial charge in [-0.1, -0.05) is 13.8 Å². The second-order valence-electron chi connectivity index (χ2n) is 5.67. The van der Waals surface area contributed by atoms with Crippen LogP contribution in [0.4, 0.5) is 5.69 Å². The Balaban J connectivity index is 1.93. The number of hydrogen-bond acceptors (Lipinski definition) is 3.